The molecule has 1 N–H and O–H groups in total. The molecule has 3 aliphatic rings. The molecule has 0 radical (unpaired) electrons. The minimum absolute atomic E-state index is 0.0461. The van der Waals surface area contributed by atoms with Gasteiger partial charge >= 0.3 is 0 Å². The van der Waals surface area contributed by atoms with E-state index in [-0.39, 0.29) is 30.3 Å². The molecule has 0 bridgehead atoms. The molecule has 30 heavy (non-hydrogen) atoms. The number of hydrogen-bond acceptors (Lipinski definition) is 6. The highest BCUT2D eigenvalue weighted by Gasteiger charge is 2.31. The lowest BCUT2D eigenvalue weighted by Crippen LogP contribution is -2.49. The fourth-order valence-electron chi connectivity index (χ4n) is 3.97. The first kappa shape index (κ1) is 19.3. The van der Waals surface area contributed by atoms with Crippen LogP contribution in [0.4, 0.5) is 5.69 Å². The van der Waals surface area contributed by atoms with E-state index in [4.69, 9.17) is 9.47 Å². The molecule has 3 heterocycles. The number of ether oxygens (including phenoxy) is 2. The summed E-state index contributed by atoms with van der Waals surface area (Å²) in [5, 5.41) is 2.54. The maximum absolute atomic E-state index is 12.8. The Labute approximate surface area is 179 Å². The molecule has 156 valence electrons. The van der Waals surface area contributed by atoms with Gasteiger partial charge in [0.15, 0.2) is 11.5 Å². The summed E-state index contributed by atoms with van der Waals surface area (Å²) in [5.74, 6) is 1.55. The Morgan fingerprint density at radius 1 is 1.07 bits per heavy atom. The molecule has 0 aromatic heterocycles. The van der Waals surface area contributed by atoms with E-state index in [0.717, 1.165) is 41.7 Å². The van der Waals surface area contributed by atoms with Gasteiger partial charge in [0.05, 0.1) is 10.9 Å². The van der Waals surface area contributed by atoms with Crippen LogP contribution < -0.4 is 14.8 Å². The molecule has 2 amide bonds. The topological polar surface area (TPSA) is 71.1 Å². The third kappa shape index (κ3) is 3.97. The highest BCUT2D eigenvalue weighted by Crippen LogP contribution is 2.37. The zero-order valence-electron chi connectivity index (χ0n) is 16.5. The Bertz CT molecular complexity index is 975. The Morgan fingerprint density at radius 3 is 2.73 bits per heavy atom. The monoisotopic (exact) mass is 425 g/mol. The first-order valence-corrected chi connectivity index (χ1v) is 11.0. The largest absolute Gasteiger partial charge is 0.454 e. The normalized spacial score (nSPS) is 20.6. The van der Waals surface area contributed by atoms with Gasteiger partial charge in [-0.1, -0.05) is 18.2 Å². The molecule has 0 aliphatic carbocycles. The second-order valence-electron chi connectivity index (χ2n) is 7.64. The van der Waals surface area contributed by atoms with Gasteiger partial charge in [0.2, 0.25) is 18.6 Å². The number of carbonyl (C=O) groups excluding carboxylic acids is 2. The quantitative estimate of drug-likeness (QED) is 0.812. The Kier molecular flexibility index (Phi) is 5.26. The summed E-state index contributed by atoms with van der Waals surface area (Å²) in [6.07, 6.45) is 0.229. The molecular weight excluding hydrogens is 402 g/mol. The fraction of sp³-hybridized carbons (Fsp3) is 0.364. The number of rotatable bonds is 4. The molecule has 2 aromatic carbocycles. The SMILES string of the molecule is O=C1Nc2ccccc2S[C@H]1CC(=O)N1CCN(Cc2ccc3c(c2)OCO3)CC1. The zero-order valence-corrected chi connectivity index (χ0v) is 17.3. The van der Waals surface area contributed by atoms with Crippen LogP contribution in [0.5, 0.6) is 11.5 Å². The van der Waals surface area contributed by atoms with E-state index in [1.807, 2.05) is 41.3 Å². The summed E-state index contributed by atoms with van der Waals surface area (Å²) in [6, 6.07) is 13.7. The van der Waals surface area contributed by atoms with Crippen molar-refractivity contribution in [3.05, 3.63) is 48.0 Å². The predicted molar refractivity (Wildman–Crippen MR) is 114 cm³/mol. The lowest BCUT2D eigenvalue weighted by atomic mass is 10.1. The molecule has 1 atom stereocenters. The highest BCUT2D eigenvalue weighted by molar-refractivity contribution is 8.01. The Morgan fingerprint density at radius 2 is 1.87 bits per heavy atom. The number of para-hydroxylation sites is 1. The second kappa shape index (κ2) is 8.20. The summed E-state index contributed by atoms with van der Waals surface area (Å²) in [6.45, 7) is 4.08. The number of nitrogens with one attached hydrogen (secondary N) is 1. The van der Waals surface area contributed by atoms with Gasteiger partial charge in [0.1, 0.15) is 0 Å². The van der Waals surface area contributed by atoms with Crippen LogP contribution >= 0.6 is 11.8 Å². The number of thioether (sulfide) groups is 1. The van der Waals surface area contributed by atoms with E-state index in [9.17, 15) is 9.59 Å². The molecular formula is C22H23N3O4S. The molecule has 5 rings (SSSR count). The van der Waals surface area contributed by atoms with Crippen molar-refractivity contribution in [1.29, 1.82) is 0 Å². The summed E-state index contributed by atoms with van der Waals surface area (Å²) >= 11 is 1.48. The molecule has 0 spiro atoms. The standard InChI is InChI=1S/C22H23N3O4S/c26-21(12-20-22(27)23-16-3-1-2-4-19(16)30-20)25-9-7-24(8-10-25)13-15-5-6-17-18(11-15)29-14-28-17/h1-6,11,20H,7-10,12-14H2,(H,23,27)/t20-/m0/s1. The van der Waals surface area contributed by atoms with Crippen molar-refractivity contribution in [2.24, 2.45) is 0 Å². The Hall–Kier alpha value is -2.71. The van der Waals surface area contributed by atoms with E-state index in [1.54, 1.807) is 0 Å². The van der Waals surface area contributed by atoms with Crippen molar-refractivity contribution in [3.63, 3.8) is 0 Å². The molecule has 2 aromatic rings. The number of anilines is 1. The number of benzene rings is 2. The average Bonchev–Trinajstić information content (AvgIpc) is 3.23. The minimum atomic E-state index is -0.376. The first-order chi connectivity index (χ1) is 14.7. The lowest BCUT2D eigenvalue weighted by Gasteiger charge is -2.35. The maximum Gasteiger partial charge on any atom is 0.238 e. The molecule has 8 heteroatoms. The van der Waals surface area contributed by atoms with E-state index >= 15 is 0 Å². The smallest absolute Gasteiger partial charge is 0.238 e. The molecule has 0 unspecified atom stereocenters. The van der Waals surface area contributed by atoms with Gasteiger partial charge < -0.3 is 19.7 Å². The summed E-state index contributed by atoms with van der Waals surface area (Å²) in [5.41, 5.74) is 2.00. The van der Waals surface area contributed by atoms with Crippen molar-refractivity contribution < 1.29 is 19.1 Å². The van der Waals surface area contributed by atoms with Gasteiger partial charge in [-0.25, -0.2) is 0 Å². The number of amides is 2. The molecule has 3 aliphatic heterocycles. The molecule has 1 fully saturated rings. The van der Waals surface area contributed by atoms with Crippen LogP contribution in [-0.4, -0.2) is 59.8 Å². The zero-order chi connectivity index (χ0) is 20.5. The van der Waals surface area contributed by atoms with Crippen molar-refractivity contribution >= 4 is 29.3 Å². The maximum atomic E-state index is 12.8. The van der Waals surface area contributed by atoms with E-state index in [0.29, 0.717) is 13.1 Å². The van der Waals surface area contributed by atoms with Crippen LogP contribution in [0.1, 0.15) is 12.0 Å². The van der Waals surface area contributed by atoms with Crippen molar-refractivity contribution in [2.75, 3.05) is 38.3 Å². The Balaban J connectivity index is 1.13. The van der Waals surface area contributed by atoms with Crippen molar-refractivity contribution in [3.8, 4) is 11.5 Å². The number of piperazine rings is 1. The van der Waals surface area contributed by atoms with Gasteiger partial charge in [0.25, 0.3) is 0 Å². The average molecular weight is 426 g/mol. The van der Waals surface area contributed by atoms with E-state index in [2.05, 4.69) is 16.3 Å². The lowest BCUT2D eigenvalue weighted by molar-refractivity contribution is -0.134. The fourth-order valence-corrected chi connectivity index (χ4v) is 5.07. The van der Waals surface area contributed by atoms with Crippen LogP contribution in [0.3, 0.4) is 0 Å². The number of fused-ring (bicyclic) bond motifs is 2. The van der Waals surface area contributed by atoms with Crippen molar-refractivity contribution in [1.82, 2.24) is 9.80 Å². The summed E-state index contributed by atoms with van der Waals surface area (Å²) < 4.78 is 10.8. The summed E-state index contributed by atoms with van der Waals surface area (Å²) in [7, 11) is 0. The molecule has 1 saturated heterocycles. The number of nitrogens with zero attached hydrogens (tertiary/aromatic N) is 2. The van der Waals surface area contributed by atoms with Gasteiger partial charge in [-0.3, -0.25) is 14.5 Å². The van der Waals surface area contributed by atoms with Gasteiger partial charge in [0, 0.05) is 44.0 Å². The first-order valence-electron chi connectivity index (χ1n) is 10.1. The van der Waals surface area contributed by atoms with E-state index < -0.39 is 0 Å². The molecule has 0 saturated carbocycles. The number of hydrogen-bond donors (Lipinski definition) is 1. The van der Waals surface area contributed by atoms with Crippen LogP contribution in [0, 0.1) is 0 Å². The number of carbonyl (C=O) groups is 2. The summed E-state index contributed by atoms with van der Waals surface area (Å²) in [4.78, 5) is 30.4. The minimum Gasteiger partial charge on any atom is -0.454 e. The third-order valence-corrected chi connectivity index (χ3v) is 6.91. The predicted octanol–water partition coefficient (Wildman–Crippen LogP) is 2.56. The molecule has 7 nitrogen and oxygen atoms in total. The van der Waals surface area contributed by atoms with Crippen LogP contribution in [0.2, 0.25) is 0 Å². The van der Waals surface area contributed by atoms with Gasteiger partial charge in [-0.05, 0) is 29.8 Å². The van der Waals surface area contributed by atoms with Crippen LogP contribution in [0.15, 0.2) is 47.4 Å². The van der Waals surface area contributed by atoms with Gasteiger partial charge in [-0.2, -0.15) is 0 Å². The highest BCUT2D eigenvalue weighted by atomic mass is 32.2. The second-order valence-corrected chi connectivity index (χ2v) is 8.89. The third-order valence-electron chi connectivity index (χ3n) is 5.63. The van der Waals surface area contributed by atoms with Crippen LogP contribution in [-0.2, 0) is 16.1 Å². The van der Waals surface area contributed by atoms with E-state index in [1.165, 1.54) is 17.3 Å². The van der Waals surface area contributed by atoms with Gasteiger partial charge in [-0.15, -0.1) is 11.8 Å². The van der Waals surface area contributed by atoms with Crippen LogP contribution in [0.25, 0.3) is 0 Å². The van der Waals surface area contributed by atoms with Crippen molar-refractivity contribution in [2.45, 2.75) is 23.1 Å².